The van der Waals surface area contributed by atoms with Gasteiger partial charge < -0.3 is 5.32 Å². The molecule has 0 heterocycles. The van der Waals surface area contributed by atoms with Gasteiger partial charge in [-0.25, -0.2) is 0 Å². The summed E-state index contributed by atoms with van der Waals surface area (Å²) < 4.78 is 38.1. The van der Waals surface area contributed by atoms with Crippen LogP contribution in [0.2, 0.25) is 0 Å². The highest BCUT2D eigenvalue weighted by Gasteiger charge is 2.33. The first-order valence-corrected chi connectivity index (χ1v) is 7.36. The van der Waals surface area contributed by atoms with Crippen molar-refractivity contribution >= 4 is 5.69 Å². The van der Waals surface area contributed by atoms with E-state index in [1.807, 2.05) is 0 Å². The average Bonchev–Trinajstić information content (AvgIpc) is 2.47. The summed E-state index contributed by atoms with van der Waals surface area (Å²) in [7, 11) is 0. The van der Waals surface area contributed by atoms with Gasteiger partial charge in [-0.2, -0.15) is 18.4 Å². The zero-order valence-corrected chi connectivity index (χ0v) is 11.8. The van der Waals surface area contributed by atoms with Crippen LogP contribution in [-0.4, -0.2) is 6.54 Å². The van der Waals surface area contributed by atoms with E-state index < -0.39 is 11.7 Å². The quantitative estimate of drug-likeness (QED) is 0.852. The topological polar surface area (TPSA) is 35.8 Å². The molecular formula is C16H19F3N2. The van der Waals surface area contributed by atoms with Crippen LogP contribution >= 0.6 is 0 Å². The van der Waals surface area contributed by atoms with Crippen molar-refractivity contribution in [1.29, 1.82) is 5.26 Å². The Kier molecular flexibility index (Phi) is 5.11. The molecule has 1 fully saturated rings. The summed E-state index contributed by atoms with van der Waals surface area (Å²) in [5.74, 6) is 0.719. The zero-order valence-electron chi connectivity index (χ0n) is 11.8. The van der Waals surface area contributed by atoms with Gasteiger partial charge in [0.1, 0.15) is 0 Å². The Balaban J connectivity index is 1.93. The molecule has 0 spiro atoms. The molecule has 0 saturated heterocycles. The second-order valence-electron chi connectivity index (χ2n) is 5.59. The minimum absolute atomic E-state index is 0.329. The molecule has 1 aliphatic rings. The van der Waals surface area contributed by atoms with Crippen LogP contribution in [0.5, 0.6) is 0 Å². The van der Waals surface area contributed by atoms with E-state index in [0.717, 1.165) is 24.9 Å². The van der Waals surface area contributed by atoms with Crippen LogP contribution in [0.25, 0.3) is 0 Å². The van der Waals surface area contributed by atoms with Crippen molar-refractivity contribution in [3.05, 3.63) is 29.3 Å². The number of nitriles is 1. The zero-order chi connectivity index (χ0) is 15.3. The number of anilines is 1. The molecule has 0 aliphatic heterocycles. The molecule has 5 heteroatoms. The Hall–Kier alpha value is -1.70. The molecule has 114 valence electrons. The first kappa shape index (κ1) is 15.7. The molecule has 0 aromatic heterocycles. The van der Waals surface area contributed by atoms with Crippen molar-refractivity contribution in [2.75, 3.05) is 11.9 Å². The van der Waals surface area contributed by atoms with Crippen LogP contribution in [0.3, 0.4) is 0 Å². The number of hydrogen-bond acceptors (Lipinski definition) is 2. The fourth-order valence-corrected chi connectivity index (χ4v) is 2.89. The lowest BCUT2D eigenvalue weighted by molar-refractivity contribution is -0.137. The van der Waals surface area contributed by atoms with E-state index in [1.54, 1.807) is 6.07 Å². The van der Waals surface area contributed by atoms with Crippen LogP contribution in [0.4, 0.5) is 18.9 Å². The van der Waals surface area contributed by atoms with E-state index in [9.17, 15) is 13.2 Å². The summed E-state index contributed by atoms with van der Waals surface area (Å²) in [6, 6.07) is 5.27. The summed E-state index contributed by atoms with van der Waals surface area (Å²) in [5, 5.41) is 12.0. The maximum atomic E-state index is 12.7. The first-order valence-electron chi connectivity index (χ1n) is 7.36. The van der Waals surface area contributed by atoms with Crippen LogP contribution in [-0.2, 0) is 6.18 Å². The monoisotopic (exact) mass is 296 g/mol. The number of halogens is 3. The predicted octanol–water partition coefficient (Wildman–Crippen LogP) is 4.96. The van der Waals surface area contributed by atoms with Crippen molar-refractivity contribution < 1.29 is 13.2 Å². The first-order chi connectivity index (χ1) is 10.0. The van der Waals surface area contributed by atoms with Crippen LogP contribution in [0.1, 0.15) is 49.7 Å². The van der Waals surface area contributed by atoms with E-state index >= 15 is 0 Å². The molecule has 1 aromatic rings. The lowest BCUT2D eigenvalue weighted by Gasteiger charge is -2.21. The third kappa shape index (κ3) is 4.38. The molecule has 0 radical (unpaired) electrons. The predicted molar refractivity (Wildman–Crippen MR) is 75.8 cm³/mol. The minimum atomic E-state index is -4.48. The summed E-state index contributed by atoms with van der Waals surface area (Å²) in [6.45, 7) is 0.737. The maximum Gasteiger partial charge on any atom is 0.417 e. The number of nitrogens with one attached hydrogen (secondary N) is 1. The number of rotatable bonds is 4. The summed E-state index contributed by atoms with van der Waals surface area (Å²) in [6.07, 6.45) is 2.92. The molecule has 0 unspecified atom stereocenters. The summed E-state index contributed by atoms with van der Waals surface area (Å²) >= 11 is 0. The Labute approximate surface area is 123 Å². The molecule has 0 bridgehead atoms. The molecule has 0 amide bonds. The second-order valence-corrected chi connectivity index (χ2v) is 5.59. The molecule has 2 rings (SSSR count). The molecular weight excluding hydrogens is 277 g/mol. The number of benzene rings is 1. The van der Waals surface area contributed by atoms with Gasteiger partial charge in [0, 0.05) is 12.2 Å². The largest absolute Gasteiger partial charge is 0.417 e. The van der Waals surface area contributed by atoms with Crippen LogP contribution < -0.4 is 5.32 Å². The molecule has 1 aliphatic carbocycles. The molecule has 21 heavy (non-hydrogen) atoms. The standard InChI is InChI=1S/C16H19F3N2/c17-16(18,19)15-7-6-14(10-13(15)11-20)21-9-8-12-4-2-1-3-5-12/h6-7,10,12,21H,1-5,8-9H2. The highest BCUT2D eigenvalue weighted by molar-refractivity contribution is 5.53. The highest BCUT2D eigenvalue weighted by Crippen LogP contribution is 2.33. The van der Waals surface area contributed by atoms with Crippen molar-refractivity contribution in [1.82, 2.24) is 0 Å². The Bertz CT molecular complexity index is 511. The second kappa shape index (κ2) is 6.84. The Morgan fingerprint density at radius 3 is 2.52 bits per heavy atom. The van der Waals surface area contributed by atoms with Gasteiger partial charge in [0.25, 0.3) is 0 Å². The maximum absolute atomic E-state index is 12.7. The van der Waals surface area contributed by atoms with Crippen molar-refractivity contribution in [3.63, 3.8) is 0 Å². The number of nitrogens with zero attached hydrogens (tertiary/aromatic N) is 1. The number of hydrogen-bond donors (Lipinski definition) is 1. The fraction of sp³-hybridized carbons (Fsp3) is 0.562. The summed E-state index contributed by atoms with van der Waals surface area (Å²) in [4.78, 5) is 0. The molecule has 1 aromatic carbocycles. The highest BCUT2D eigenvalue weighted by atomic mass is 19.4. The Morgan fingerprint density at radius 2 is 1.90 bits per heavy atom. The smallest absolute Gasteiger partial charge is 0.385 e. The van der Waals surface area contributed by atoms with Crippen molar-refractivity contribution in [2.24, 2.45) is 5.92 Å². The van der Waals surface area contributed by atoms with E-state index in [0.29, 0.717) is 5.69 Å². The molecule has 1 saturated carbocycles. The van der Waals surface area contributed by atoms with Gasteiger partial charge in [-0.3, -0.25) is 0 Å². The molecule has 0 atom stereocenters. The van der Waals surface area contributed by atoms with Gasteiger partial charge in [-0.15, -0.1) is 0 Å². The Morgan fingerprint density at radius 1 is 1.19 bits per heavy atom. The average molecular weight is 296 g/mol. The van der Waals surface area contributed by atoms with E-state index in [-0.39, 0.29) is 5.56 Å². The normalized spacial score (nSPS) is 16.5. The summed E-state index contributed by atoms with van der Waals surface area (Å²) in [5.41, 5.74) is -0.622. The van der Waals surface area contributed by atoms with Gasteiger partial charge in [0.2, 0.25) is 0 Å². The third-order valence-corrected chi connectivity index (χ3v) is 4.05. The molecule has 2 nitrogen and oxygen atoms in total. The van der Waals surface area contributed by atoms with Crippen LogP contribution in [0, 0.1) is 17.2 Å². The lowest BCUT2D eigenvalue weighted by atomic mass is 9.87. The van der Waals surface area contributed by atoms with Gasteiger partial charge in [0.05, 0.1) is 17.2 Å². The van der Waals surface area contributed by atoms with Gasteiger partial charge >= 0.3 is 6.18 Å². The fourth-order valence-electron chi connectivity index (χ4n) is 2.89. The van der Waals surface area contributed by atoms with Gasteiger partial charge in [-0.1, -0.05) is 32.1 Å². The lowest BCUT2D eigenvalue weighted by Crippen LogP contribution is -2.13. The van der Waals surface area contributed by atoms with Crippen molar-refractivity contribution in [2.45, 2.75) is 44.7 Å². The van der Waals surface area contributed by atoms with Gasteiger partial charge in [0.15, 0.2) is 0 Å². The van der Waals surface area contributed by atoms with E-state index in [2.05, 4.69) is 5.32 Å². The number of alkyl halides is 3. The van der Waals surface area contributed by atoms with Gasteiger partial charge in [-0.05, 0) is 30.5 Å². The van der Waals surface area contributed by atoms with E-state index in [4.69, 9.17) is 5.26 Å². The van der Waals surface area contributed by atoms with Crippen LogP contribution in [0.15, 0.2) is 18.2 Å². The third-order valence-electron chi connectivity index (χ3n) is 4.05. The molecule has 1 N–H and O–H groups in total. The van der Waals surface area contributed by atoms with E-state index in [1.165, 1.54) is 44.2 Å². The minimum Gasteiger partial charge on any atom is -0.385 e. The van der Waals surface area contributed by atoms with Crippen molar-refractivity contribution in [3.8, 4) is 6.07 Å². The SMILES string of the molecule is N#Cc1cc(NCCC2CCCCC2)ccc1C(F)(F)F.